The lowest BCUT2D eigenvalue weighted by atomic mass is 10.0. The van der Waals surface area contributed by atoms with Crippen LogP contribution in [0.1, 0.15) is 0 Å². The van der Waals surface area contributed by atoms with Crippen molar-refractivity contribution in [2.24, 2.45) is 0 Å². The van der Waals surface area contributed by atoms with Crippen molar-refractivity contribution >= 4 is 66.2 Å². The van der Waals surface area contributed by atoms with Gasteiger partial charge in [-0.3, -0.25) is 9.11 Å². The molecule has 1 aromatic heterocycles. The molecule has 0 atom stereocenters. The minimum Gasteiger partial charge on any atom is -0.399 e. The van der Waals surface area contributed by atoms with Crippen molar-refractivity contribution in [3.63, 3.8) is 0 Å². The highest BCUT2D eigenvalue weighted by atomic mass is 32.2. The Morgan fingerprint density at radius 3 is 1.57 bits per heavy atom. The van der Waals surface area contributed by atoms with Crippen LogP contribution < -0.4 is 11.5 Å². The maximum Gasteiger partial charge on any atom is 0.295 e. The van der Waals surface area contributed by atoms with E-state index < -0.39 is 20.2 Å². The molecule has 0 saturated heterocycles. The van der Waals surface area contributed by atoms with Crippen LogP contribution in [0.2, 0.25) is 0 Å². The highest BCUT2D eigenvalue weighted by Gasteiger charge is 2.19. The van der Waals surface area contributed by atoms with Gasteiger partial charge in [-0.05, 0) is 84.9 Å². The highest BCUT2D eigenvalue weighted by molar-refractivity contribution is 8.00. The quantitative estimate of drug-likeness (QED) is 0.0956. The predicted octanol–water partition coefficient (Wildman–Crippen LogP) is 6.92. The molecule has 0 amide bonds. The van der Waals surface area contributed by atoms with Crippen LogP contribution in [0, 0.1) is 0 Å². The summed E-state index contributed by atoms with van der Waals surface area (Å²) in [6.07, 6.45) is 0. The highest BCUT2D eigenvalue weighted by Crippen LogP contribution is 2.39. The lowest BCUT2D eigenvalue weighted by molar-refractivity contribution is 0.479. The largest absolute Gasteiger partial charge is 0.399 e. The van der Waals surface area contributed by atoms with Gasteiger partial charge in [0, 0.05) is 42.1 Å². The zero-order valence-corrected chi connectivity index (χ0v) is 26.9. The third-order valence-corrected chi connectivity index (χ3v) is 10.7. The molecule has 6 aromatic rings. The van der Waals surface area contributed by atoms with E-state index in [4.69, 9.17) is 21.4 Å². The van der Waals surface area contributed by atoms with Crippen LogP contribution in [0.3, 0.4) is 0 Å². The van der Waals surface area contributed by atoms with Crippen molar-refractivity contribution in [3.8, 4) is 22.5 Å². The first kappa shape index (κ1) is 31.5. The van der Waals surface area contributed by atoms with Gasteiger partial charge in [0.1, 0.15) is 4.90 Å². The van der Waals surface area contributed by atoms with Gasteiger partial charge >= 0.3 is 0 Å². The summed E-state index contributed by atoms with van der Waals surface area (Å²) >= 11 is 2.30. The van der Waals surface area contributed by atoms with Gasteiger partial charge in [0.05, 0.1) is 27.3 Å². The summed E-state index contributed by atoms with van der Waals surface area (Å²) in [6, 6.07) is 30.1. The van der Waals surface area contributed by atoms with Crippen LogP contribution in [-0.2, 0) is 20.2 Å². The molecule has 0 bridgehead atoms. The van der Waals surface area contributed by atoms with E-state index in [1.807, 2.05) is 24.3 Å². The fourth-order valence-electron chi connectivity index (χ4n) is 4.56. The number of aromatic nitrogens is 2. The molecule has 0 saturated carbocycles. The zero-order chi connectivity index (χ0) is 32.6. The standard InChI is InChI=1S/C32H24N4O6S4/c33-21-5-1-19(2-6-21)31-32(20-3-7-22(34)8-4-20)36-28-17-24(11-15-27(28)35-31)44-29-16-12-25(18-30(29)46(40,41)42)43-23-9-13-26(14-10-23)45(37,38)39/h1-18H,33-34H2,(H,37,38,39)(H,40,41,42). The summed E-state index contributed by atoms with van der Waals surface area (Å²) in [4.78, 5) is 11.4. The summed E-state index contributed by atoms with van der Waals surface area (Å²) in [7, 11) is -8.96. The number of fused-ring (bicyclic) bond motifs is 1. The normalized spacial score (nSPS) is 12.0. The van der Waals surface area contributed by atoms with Crippen LogP contribution >= 0.6 is 23.5 Å². The molecule has 0 fully saturated rings. The lowest BCUT2D eigenvalue weighted by Crippen LogP contribution is -2.01. The Morgan fingerprint density at radius 2 is 1.02 bits per heavy atom. The van der Waals surface area contributed by atoms with E-state index in [1.165, 1.54) is 30.3 Å². The Bertz CT molecular complexity index is 2320. The van der Waals surface area contributed by atoms with E-state index in [2.05, 4.69) is 0 Å². The van der Waals surface area contributed by atoms with Crippen LogP contribution in [-0.4, -0.2) is 35.9 Å². The van der Waals surface area contributed by atoms with Gasteiger partial charge in [-0.2, -0.15) is 16.8 Å². The molecule has 6 N–H and O–H groups in total. The summed E-state index contributed by atoms with van der Waals surface area (Å²) in [5.41, 5.74) is 17.2. The molecule has 46 heavy (non-hydrogen) atoms. The van der Waals surface area contributed by atoms with E-state index in [-0.39, 0.29) is 14.7 Å². The second-order valence-corrected chi connectivity index (χ2v) is 15.1. The molecule has 232 valence electrons. The van der Waals surface area contributed by atoms with Crippen molar-refractivity contribution in [1.29, 1.82) is 0 Å². The van der Waals surface area contributed by atoms with Crippen LogP contribution in [0.5, 0.6) is 0 Å². The fraction of sp³-hybridized carbons (Fsp3) is 0. The smallest absolute Gasteiger partial charge is 0.295 e. The average Bonchev–Trinajstić information content (AvgIpc) is 3.01. The van der Waals surface area contributed by atoms with Crippen LogP contribution in [0.25, 0.3) is 33.5 Å². The maximum atomic E-state index is 12.4. The van der Waals surface area contributed by atoms with Crippen molar-refractivity contribution in [3.05, 3.63) is 109 Å². The van der Waals surface area contributed by atoms with Gasteiger partial charge in [-0.15, -0.1) is 0 Å². The van der Waals surface area contributed by atoms with Gasteiger partial charge in [0.15, 0.2) is 0 Å². The summed E-state index contributed by atoms with van der Waals surface area (Å²) in [5.74, 6) is 0. The third kappa shape index (κ3) is 7.02. The Hall–Kier alpha value is -4.44. The van der Waals surface area contributed by atoms with E-state index in [0.717, 1.165) is 34.7 Å². The molecule has 5 aromatic carbocycles. The molecule has 10 nitrogen and oxygen atoms in total. The number of rotatable bonds is 8. The van der Waals surface area contributed by atoms with Crippen LogP contribution in [0.4, 0.5) is 11.4 Å². The zero-order valence-electron chi connectivity index (χ0n) is 23.6. The van der Waals surface area contributed by atoms with Crippen molar-refractivity contribution in [1.82, 2.24) is 9.97 Å². The molecule has 0 spiro atoms. The van der Waals surface area contributed by atoms with Gasteiger partial charge in [-0.25, -0.2) is 9.97 Å². The molecular formula is C32H24N4O6S4. The van der Waals surface area contributed by atoms with Gasteiger partial charge in [0.25, 0.3) is 20.2 Å². The number of nitrogen functional groups attached to an aromatic ring is 2. The van der Waals surface area contributed by atoms with Crippen molar-refractivity contribution < 1.29 is 25.9 Å². The van der Waals surface area contributed by atoms with E-state index in [1.54, 1.807) is 54.6 Å². The number of hydrogen-bond donors (Lipinski definition) is 4. The maximum absolute atomic E-state index is 12.4. The third-order valence-electron chi connectivity index (χ3n) is 6.78. The minimum absolute atomic E-state index is 0.260. The minimum atomic E-state index is -4.62. The molecule has 0 unspecified atom stereocenters. The van der Waals surface area contributed by atoms with Crippen molar-refractivity contribution in [2.75, 3.05) is 11.5 Å². The molecule has 6 rings (SSSR count). The van der Waals surface area contributed by atoms with E-state index in [0.29, 0.717) is 48.5 Å². The Kier molecular flexibility index (Phi) is 8.50. The topological polar surface area (TPSA) is 187 Å². The Morgan fingerprint density at radius 1 is 0.522 bits per heavy atom. The second kappa shape index (κ2) is 12.4. The van der Waals surface area contributed by atoms with Gasteiger partial charge in [-0.1, -0.05) is 47.8 Å². The number of benzene rings is 5. The molecule has 1 heterocycles. The number of anilines is 2. The van der Waals surface area contributed by atoms with Gasteiger partial charge < -0.3 is 11.5 Å². The van der Waals surface area contributed by atoms with Gasteiger partial charge in [0.2, 0.25) is 0 Å². The number of nitrogens with two attached hydrogens (primary N) is 2. The second-order valence-electron chi connectivity index (χ2n) is 10.0. The molecule has 0 aliphatic carbocycles. The Balaban J connectivity index is 1.36. The first-order chi connectivity index (χ1) is 21.8. The van der Waals surface area contributed by atoms with E-state index >= 15 is 0 Å². The first-order valence-electron chi connectivity index (χ1n) is 13.4. The molecule has 0 radical (unpaired) electrons. The SMILES string of the molecule is Nc1ccc(-c2nc3ccc(Sc4ccc(Sc5ccc(S(=O)(=O)O)cc5)cc4S(=O)(=O)O)cc3nc2-c2ccc(N)cc2)cc1. The first-order valence-corrected chi connectivity index (χ1v) is 17.9. The molecule has 0 aliphatic heterocycles. The number of hydrogen-bond acceptors (Lipinski definition) is 10. The van der Waals surface area contributed by atoms with Crippen molar-refractivity contribution in [2.45, 2.75) is 29.4 Å². The monoisotopic (exact) mass is 688 g/mol. The average molecular weight is 689 g/mol. The van der Waals surface area contributed by atoms with Crippen LogP contribution in [0.15, 0.2) is 139 Å². The predicted molar refractivity (Wildman–Crippen MR) is 180 cm³/mol. The summed E-state index contributed by atoms with van der Waals surface area (Å²) in [5, 5.41) is 0. The summed E-state index contributed by atoms with van der Waals surface area (Å²) < 4.78 is 66.8. The molecule has 0 aliphatic rings. The molecular weight excluding hydrogens is 665 g/mol. The lowest BCUT2D eigenvalue weighted by Gasteiger charge is -2.13. The fourth-order valence-corrected chi connectivity index (χ4v) is 7.87. The van der Waals surface area contributed by atoms with E-state index in [9.17, 15) is 25.9 Å². The number of nitrogens with zero attached hydrogens (tertiary/aromatic N) is 2. The molecule has 14 heteroatoms. The summed E-state index contributed by atoms with van der Waals surface area (Å²) in [6.45, 7) is 0. The Labute approximate surface area is 273 Å².